The molecule has 0 amide bonds. The second kappa shape index (κ2) is 4.41. The summed E-state index contributed by atoms with van der Waals surface area (Å²) in [7, 11) is 1.55. The normalized spacial score (nSPS) is 13.6. The molecule has 2 rings (SSSR count). The average Bonchev–Trinajstić information content (AvgIpc) is 2.73. The number of aliphatic hydroxyl groups excluding tert-OH is 1. The lowest BCUT2D eigenvalue weighted by molar-refractivity contribution is -0.139. The minimum absolute atomic E-state index is 0.0618. The molecule has 0 saturated carbocycles. The molecule has 0 fully saturated rings. The third kappa shape index (κ3) is 2.21. The van der Waals surface area contributed by atoms with Crippen molar-refractivity contribution < 1.29 is 18.3 Å². The first kappa shape index (κ1) is 12.6. The van der Waals surface area contributed by atoms with Gasteiger partial charge in [0.25, 0.3) is 0 Å². The highest BCUT2D eigenvalue weighted by Gasteiger charge is 2.35. The second-order valence-corrected chi connectivity index (χ2v) is 3.79. The third-order valence-corrected chi connectivity index (χ3v) is 2.55. The van der Waals surface area contributed by atoms with Gasteiger partial charge in [-0.05, 0) is 6.07 Å². The fraction of sp³-hybridized carbons (Fsp3) is 0.273. The number of aliphatic hydroxyl groups is 1. The molecule has 1 aromatic carbocycles. The van der Waals surface area contributed by atoms with Crippen LogP contribution >= 0.6 is 0 Å². The molecule has 0 spiro atoms. The quantitative estimate of drug-likeness (QED) is 0.894. The zero-order chi connectivity index (χ0) is 13.3. The molecule has 1 atom stereocenters. The molecule has 1 N–H and O–H groups in total. The lowest BCUT2D eigenvalue weighted by Gasteiger charge is -2.16. The molecule has 0 bridgehead atoms. The van der Waals surface area contributed by atoms with E-state index in [2.05, 4.69) is 10.2 Å². The minimum Gasteiger partial charge on any atom is -0.380 e. The molecule has 1 heterocycles. The Morgan fingerprint density at radius 3 is 2.50 bits per heavy atom. The van der Waals surface area contributed by atoms with E-state index in [0.717, 1.165) is 6.07 Å². The van der Waals surface area contributed by atoms with Gasteiger partial charge in [0.1, 0.15) is 12.4 Å². The average molecular weight is 257 g/mol. The number of hydrogen-bond acceptors (Lipinski definition) is 3. The topological polar surface area (TPSA) is 50.9 Å². The predicted molar refractivity (Wildman–Crippen MR) is 56.5 cm³/mol. The molecule has 0 aliphatic carbocycles. The van der Waals surface area contributed by atoms with Crippen LogP contribution in [0, 0.1) is 0 Å². The maximum atomic E-state index is 12.8. The van der Waals surface area contributed by atoms with Crippen molar-refractivity contribution >= 4 is 0 Å². The van der Waals surface area contributed by atoms with E-state index in [9.17, 15) is 18.3 Å². The van der Waals surface area contributed by atoms with Crippen molar-refractivity contribution in [1.29, 1.82) is 0 Å². The zero-order valence-corrected chi connectivity index (χ0v) is 9.39. The molecular formula is C11H10F3N3O. The third-order valence-electron chi connectivity index (χ3n) is 2.55. The van der Waals surface area contributed by atoms with Gasteiger partial charge in [0.15, 0.2) is 5.82 Å². The van der Waals surface area contributed by atoms with Crippen LogP contribution in [-0.4, -0.2) is 19.9 Å². The SMILES string of the molecule is Cn1cnnc1C(O)c1ccccc1C(F)(F)F. The molecule has 96 valence electrons. The van der Waals surface area contributed by atoms with Crippen LogP contribution in [0.15, 0.2) is 30.6 Å². The fourth-order valence-electron chi connectivity index (χ4n) is 1.67. The van der Waals surface area contributed by atoms with Crippen LogP contribution in [0.1, 0.15) is 23.1 Å². The van der Waals surface area contributed by atoms with Crippen LogP contribution in [-0.2, 0) is 13.2 Å². The van der Waals surface area contributed by atoms with Crippen molar-refractivity contribution in [3.05, 3.63) is 47.5 Å². The van der Waals surface area contributed by atoms with Gasteiger partial charge >= 0.3 is 6.18 Å². The van der Waals surface area contributed by atoms with Crippen LogP contribution in [0.2, 0.25) is 0 Å². The lowest BCUT2D eigenvalue weighted by atomic mass is 10.0. The summed E-state index contributed by atoms with van der Waals surface area (Å²) < 4.78 is 39.8. The Balaban J connectivity index is 2.49. The van der Waals surface area contributed by atoms with Gasteiger partial charge in [0.2, 0.25) is 0 Å². The van der Waals surface area contributed by atoms with Crippen molar-refractivity contribution in [2.75, 3.05) is 0 Å². The van der Waals surface area contributed by atoms with E-state index < -0.39 is 17.8 Å². The number of benzene rings is 1. The summed E-state index contributed by atoms with van der Waals surface area (Å²) in [6.45, 7) is 0. The van der Waals surface area contributed by atoms with E-state index in [-0.39, 0.29) is 11.4 Å². The summed E-state index contributed by atoms with van der Waals surface area (Å²) in [6, 6.07) is 4.86. The summed E-state index contributed by atoms with van der Waals surface area (Å²) in [5, 5.41) is 17.1. The van der Waals surface area contributed by atoms with E-state index in [4.69, 9.17) is 0 Å². The van der Waals surface area contributed by atoms with Gasteiger partial charge in [-0.3, -0.25) is 0 Å². The molecule has 7 heteroatoms. The highest BCUT2D eigenvalue weighted by atomic mass is 19.4. The molecule has 1 aromatic heterocycles. The van der Waals surface area contributed by atoms with E-state index in [1.54, 1.807) is 7.05 Å². The Morgan fingerprint density at radius 1 is 1.28 bits per heavy atom. The van der Waals surface area contributed by atoms with Crippen LogP contribution < -0.4 is 0 Å². The standard InChI is InChI=1S/C11H10F3N3O/c1-17-6-15-16-10(17)9(18)7-4-2-3-5-8(7)11(12,13)14/h2-6,9,18H,1H3. The van der Waals surface area contributed by atoms with Gasteiger partial charge < -0.3 is 9.67 Å². The molecule has 4 nitrogen and oxygen atoms in total. The first-order valence-electron chi connectivity index (χ1n) is 5.09. The van der Waals surface area contributed by atoms with Crippen molar-refractivity contribution in [3.63, 3.8) is 0 Å². The maximum Gasteiger partial charge on any atom is 0.416 e. The monoisotopic (exact) mass is 257 g/mol. The van der Waals surface area contributed by atoms with E-state index in [0.29, 0.717) is 0 Å². The highest BCUT2D eigenvalue weighted by Crippen LogP contribution is 2.35. The van der Waals surface area contributed by atoms with Crippen molar-refractivity contribution in [2.45, 2.75) is 12.3 Å². The number of rotatable bonds is 2. The lowest BCUT2D eigenvalue weighted by Crippen LogP contribution is -2.14. The summed E-state index contributed by atoms with van der Waals surface area (Å²) in [5.74, 6) is 0.0618. The largest absolute Gasteiger partial charge is 0.416 e. The number of halogens is 3. The van der Waals surface area contributed by atoms with Gasteiger partial charge in [-0.25, -0.2) is 0 Å². The summed E-state index contributed by atoms with van der Waals surface area (Å²) >= 11 is 0. The van der Waals surface area contributed by atoms with Gasteiger partial charge in [0, 0.05) is 12.6 Å². The van der Waals surface area contributed by atoms with E-state index >= 15 is 0 Å². The van der Waals surface area contributed by atoms with Crippen LogP contribution in [0.5, 0.6) is 0 Å². The first-order valence-corrected chi connectivity index (χ1v) is 5.09. The van der Waals surface area contributed by atoms with Gasteiger partial charge in [0.05, 0.1) is 5.56 Å². The molecule has 0 radical (unpaired) electrons. The Labute approximate surface area is 101 Å². The highest BCUT2D eigenvalue weighted by molar-refractivity contribution is 5.34. The molecule has 0 aliphatic heterocycles. The number of hydrogen-bond donors (Lipinski definition) is 1. The number of aryl methyl sites for hydroxylation is 1. The van der Waals surface area contributed by atoms with Crippen molar-refractivity contribution in [1.82, 2.24) is 14.8 Å². The number of aromatic nitrogens is 3. The molecule has 0 saturated heterocycles. The summed E-state index contributed by atoms with van der Waals surface area (Å²) in [5.41, 5.74) is -1.11. The Bertz CT molecular complexity index is 550. The van der Waals surface area contributed by atoms with Crippen molar-refractivity contribution in [2.24, 2.45) is 7.05 Å². The first-order chi connectivity index (χ1) is 8.41. The smallest absolute Gasteiger partial charge is 0.380 e. The Hall–Kier alpha value is -1.89. The van der Waals surface area contributed by atoms with Crippen LogP contribution in [0.25, 0.3) is 0 Å². The van der Waals surface area contributed by atoms with Crippen LogP contribution in [0.4, 0.5) is 13.2 Å². The molecule has 18 heavy (non-hydrogen) atoms. The molecule has 1 unspecified atom stereocenters. The van der Waals surface area contributed by atoms with E-state index in [1.165, 1.54) is 29.1 Å². The summed E-state index contributed by atoms with van der Waals surface area (Å²) in [6.07, 6.45) is -4.67. The maximum absolute atomic E-state index is 12.8. The van der Waals surface area contributed by atoms with Crippen LogP contribution in [0.3, 0.4) is 0 Å². The van der Waals surface area contributed by atoms with Gasteiger partial charge in [-0.2, -0.15) is 13.2 Å². The molecule has 0 aliphatic rings. The Kier molecular flexibility index (Phi) is 3.08. The number of nitrogens with zero attached hydrogens (tertiary/aromatic N) is 3. The predicted octanol–water partition coefficient (Wildman–Crippen LogP) is 1.92. The van der Waals surface area contributed by atoms with Crippen molar-refractivity contribution in [3.8, 4) is 0 Å². The zero-order valence-electron chi connectivity index (χ0n) is 9.39. The molecular weight excluding hydrogens is 247 g/mol. The van der Waals surface area contributed by atoms with Gasteiger partial charge in [-0.1, -0.05) is 18.2 Å². The van der Waals surface area contributed by atoms with Gasteiger partial charge in [-0.15, -0.1) is 10.2 Å². The summed E-state index contributed by atoms with van der Waals surface area (Å²) in [4.78, 5) is 0. The van der Waals surface area contributed by atoms with E-state index in [1.807, 2.05) is 0 Å². The Morgan fingerprint density at radius 2 is 1.94 bits per heavy atom. The molecule has 2 aromatic rings. The second-order valence-electron chi connectivity index (χ2n) is 3.79. The minimum atomic E-state index is -4.52. The number of alkyl halides is 3. The fourth-order valence-corrected chi connectivity index (χ4v) is 1.67.